The van der Waals surface area contributed by atoms with Gasteiger partial charge in [0.15, 0.2) is 0 Å². The molecule has 25 heavy (non-hydrogen) atoms. The van der Waals surface area contributed by atoms with E-state index in [0.717, 1.165) is 36.8 Å². The van der Waals surface area contributed by atoms with E-state index in [1.165, 1.54) is 0 Å². The number of ketones is 4. The molecule has 1 saturated carbocycles. The molecule has 0 radical (unpaired) electrons. The van der Waals surface area contributed by atoms with Crippen LogP contribution in [0.1, 0.15) is 59.3 Å². The standard InChI is InChI=1S/C21H28O4/c1-5-6-7-8-15-18(22)20(24)17(21(25)19(15)23)16-11-13(4)9-10-14(16)12(2)3/h11,14-17H,2,5-10H2,1,3-4H3/t14-,15?,16+,17?/m0/s1. The van der Waals surface area contributed by atoms with Crippen LogP contribution in [0.25, 0.3) is 0 Å². The third-order valence-electron chi connectivity index (χ3n) is 5.59. The molecular formula is C21H28O4. The largest absolute Gasteiger partial charge is 0.290 e. The number of hydrogen-bond acceptors (Lipinski definition) is 4. The number of rotatable bonds is 6. The highest BCUT2D eigenvalue weighted by atomic mass is 16.2. The Labute approximate surface area is 149 Å². The quantitative estimate of drug-likeness (QED) is 0.319. The Hall–Kier alpha value is -1.84. The van der Waals surface area contributed by atoms with Gasteiger partial charge in [0.25, 0.3) is 0 Å². The number of carbonyl (C=O) groups is 4. The average Bonchev–Trinajstić information content (AvgIpc) is 2.56. The maximum atomic E-state index is 12.7. The first kappa shape index (κ1) is 19.5. The zero-order chi connectivity index (χ0) is 18.7. The number of hydrogen-bond donors (Lipinski definition) is 0. The van der Waals surface area contributed by atoms with Gasteiger partial charge in [0.1, 0.15) is 0 Å². The SMILES string of the molecule is C=C(C)[C@@H]1CCC(C)=C[C@H]1C1C(=O)C(=O)C(CCCCC)C(=O)C1=O. The normalized spacial score (nSPS) is 30.4. The van der Waals surface area contributed by atoms with E-state index in [1.807, 2.05) is 26.8 Å². The molecule has 0 saturated heterocycles. The van der Waals surface area contributed by atoms with Gasteiger partial charge in [-0.1, -0.05) is 50.0 Å². The Kier molecular flexibility index (Phi) is 6.26. The van der Waals surface area contributed by atoms with Gasteiger partial charge in [-0.25, -0.2) is 0 Å². The van der Waals surface area contributed by atoms with E-state index in [0.29, 0.717) is 12.8 Å². The van der Waals surface area contributed by atoms with Crippen molar-refractivity contribution in [3.05, 3.63) is 23.8 Å². The highest BCUT2D eigenvalue weighted by molar-refractivity contribution is 6.60. The first-order valence-electron chi connectivity index (χ1n) is 9.28. The summed E-state index contributed by atoms with van der Waals surface area (Å²) in [5, 5.41) is 0. The predicted molar refractivity (Wildman–Crippen MR) is 95.9 cm³/mol. The Balaban J connectivity index is 2.30. The first-order chi connectivity index (χ1) is 11.8. The third kappa shape index (κ3) is 3.88. The van der Waals surface area contributed by atoms with Gasteiger partial charge in [-0.2, -0.15) is 0 Å². The van der Waals surface area contributed by atoms with Crippen LogP contribution in [0, 0.1) is 23.7 Å². The predicted octanol–water partition coefficient (Wildman–Crippen LogP) is 3.64. The molecule has 136 valence electrons. The highest BCUT2D eigenvalue weighted by Crippen LogP contribution is 2.40. The summed E-state index contributed by atoms with van der Waals surface area (Å²) < 4.78 is 0. The zero-order valence-corrected chi connectivity index (χ0v) is 15.5. The lowest BCUT2D eigenvalue weighted by molar-refractivity contribution is -0.157. The van der Waals surface area contributed by atoms with E-state index in [1.54, 1.807) is 0 Å². The van der Waals surface area contributed by atoms with Crippen LogP contribution in [-0.4, -0.2) is 23.1 Å². The molecule has 0 N–H and O–H groups in total. The van der Waals surface area contributed by atoms with Crippen LogP contribution in [0.5, 0.6) is 0 Å². The van der Waals surface area contributed by atoms with Gasteiger partial charge < -0.3 is 0 Å². The van der Waals surface area contributed by atoms with Crippen molar-refractivity contribution in [1.29, 1.82) is 0 Å². The van der Waals surface area contributed by atoms with E-state index in [2.05, 4.69) is 6.58 Å². The Morgan fingerprint density at radius 1 is 1.08 bits per heavy atom. The molecule has 1 fully saturated rings. The minimum Gasteiger partial charge on any atom is -0.290 e. The molecular weight excluding hydrogens is 316 g/mol. The Morgan fingerprint density at radius 3 is 2.20 bits per heavy atom. The van der Waals surface area contributed by atoms with Crippen LogP contribution < -0.4 is 0 Å². The molecule has 2 atom stereocenters. The van der Waals surface area contributed by atoms with Crippen LogP contribution in [-0.2, 0) is 19.2 Å². The second-order valence-electron chi connectivity index (χ2n) is 7.56. The van der Waals surface area contributed by atoms with Gasteiger partial charge in [0, 0.05) is 5.92 Å². The van der Waals surface area contributed by atoms with E-state index in [4.69, 9.17) is 0 Å². The first-order valence-corrected chi connectivity index (χ1v) is 9.28. The molecule has 2 rings (SSSR count). The summed E-state index contributed by atoms with van der Waals surface area (Å²) in [7, 11) is 0. The number of Topliss-reactive ketones (excluding diaryl/α,β-unsaturated/α-hetero) is 4. The lowest BCUT2D eigenvalue weighted by atomic mass is 9.64. The summed E-state index contributed by atoms with van der Waals surface area (Å²) in [4.78, 5) is 50.5. The lowest BCUT2D eigenvalue weighted by Crippen LogP contribution is -2.52. The van der Waals surface area contributed by atoms with E-state index in [-0.39, 0.29) is 5.92 Å². The fraction of sp³-hybridized carbons (Fsp3) is 0.619. The minimum absolute atomic E-state index is 0.0427. The van der Waals surface area contributed by atoms with E-state index >= 15 is 0 Å². The van der Waals surface area contributed by atoms with Crippen molar-refractivity contribution < 1.29 is 19.2 Å². The molecule has 4 nitrogen and oxygen atoms in total. The highest BCUT2D eigenvalue weighted by Gasteiger charge is 2.52. The monoisotopic (exact) mass is 344 g/mol. The van der Waals surface area contributed by atoms with Crippen molar-refractivity contribution in [3.8, 4) is 0 Å². The number of carbonyl (C=O) groups excluding carboxylic acids is 4. The topological polar surface area (TPSA) is 68.3 Å². The number of unbranched alkanes of at least 4 members (excludes halogenated alkanes) is 2. The zero-order valence-electron chi connectivity index (χ0n) is 15.5. The fourth-order valence-electron chi connectivity index (χ4n) is 4.11. The molecule has 0 heterocycles. The molecule has 0 spiro atoms. The van der Waals surface area contributed by atoms with Gasteiger partial charge in [0.05, 0.1) is 11.8 Å². The van der Waals surface area contributed by atoms with Crippen LogP contribution in [0.4, 0.5) is 0 Å². The van der Waals surface area contributed by atoms with Gasteiger partial charge in [-0.15, -0.1) is 0 Å². The molecule has 2 aliphatic rings. The minimum atomic E-state index is -1.15. The third-order valence-corrected chi connectivity index (χ3v) is 5.59. The van der Waals surface area contributed by atoms with Crippen molar-refractivity contribution in [2.75, 3.05) is 0 Å². The molecule has 0 aliphatic heterocycles. The average molecular weight is 344 g/mol. The molecule has 0 unspecified atom stereocenters. The smallest absolute Gasteiger partial charge is 0.210 e. The summed E-state index contributed by atoms with van der Waals surface area (Å²) >= 11 is 0. The van der Waals surface area contributed by atoms with Crippen LogP contribution in [0.3, 0.4) is 0 Å². The van der Waals surface area contributed by atoms with Crippen molar-refractivity contribution in [3.63, 3.8) is 0 Å². The molecule has 0 aromatic heterocycles. The second-order valence-corrected chi connectivity index (χ2v) is 7.56. The summed E-state index contributed by atoms with van der Waals surface area (Å²) in [6, 6.07) is 0. The maximum Gasteiger partial charge on any atom is 0.210 e. The van der Waals surface area contributed by atoms with Gasteiger partial charge in [-0.05, 0) is 39.0 Å². The van der Waals surface area contributed by atoms with Crippen LogP contribution >= 0.6 is 0 Å². The summed E-state index contributed by atoms with van der Waals surface area (Å²) in [5.41, 5.74) is 1.98. The second kappa shape index (κ2) is 8.03. The maximum absolute atomic E-state index is 12.7. The van der Waals surface area contributed by atoms with Crippen molar-refractivity contribution in [2.24, 2.45) is 23.7 Å². The van der Waals surface area contributed by atoms with Gasteiger partial charge in [0.2, 0.25) is 23.1 Å². The summed E-state index contributed by atoms with van der Waals surface area (Å²) in [6.07, 6.45) is 6.39. The summed E-state index contributed by atoms with van der Waals surface area (Å²) in [5.74, 6) is -5.35. The fourth-order valence-corrected chi connectivity index (χ4v) is 4.11. The molecule has 0 aromatic rings. The lowest BCUT2D eigenvalue weighted by Gasteiger charge is -2.36. The van der Waals surface area contributed by atoms with E-state index in [9.17, 15) is 19.2 Å². The van der Waals surface area contributed by atoms with Crippen LogP contribution in [0.15, 0.2) is 23.8 Å². The molecule has 0 bridgehead atoms. The molecule has 0 aromatic carbocycles. The van der Waals surface area contributed by atoms with E-state index < -0.39 is 40.9 Å². The number of allylic oxidation sites excluding steroid dienone is 3. The summed E-state index contributed by atoms with van der Waals surface area (Å²) in [6.45, 7) is 9.83. The molecule has 2 aliphatic carbocycles. The van der Waals surface area contributed by atoms with Crippen molar-refractivity contribution in [1.82, 2.24) is 0 Å². The van der Waals surface area contributed by atoms with Crippen LogP contribution in [0.2, 0.25) is 0 Å². The van der Waals surface area contributed by atoms with Crippen molar-refractivity contribution in [2.45, 2.75) is 59.3 Å². The van der Waals surface area contributed by atoms with Gasteiger partial charge >= 0.3 is 0 Å². The van der Waals surface area contributed by atoms with Crippen molar-refractivity contribution >= 4 is 23.1 Å². The Morgan fingerprint density at radius 2 is 1.68 bits per heavy atom. The molecule has 0 amide bonds. The molecule has 4 heteroatoms. The Bertz CT molecular complexity index is 612. The van der Waals surface area contributed by atoms with Gasteiger partial charge in [-0.3, -0.25) is 19.2 Å².